The van der Waals surface area contributed by atoms with E-state index in [2.05, 4.69) is 6.58 Å². The van der Waals surface area contributed by atoms with Crippen LogP contribution in [0.1, 0.15) is 68.2 Å². The van der Waals surface area contributed by atoms with Crippen molar-refractivity contribution in [3.8, 4) is 0 Å². The van der Waals surface area contributed by atoms with Crippen molar-refractivity contribution in [2.75, 3.05) is 13.9 Å². The average Bonchev–Trinajstić information content (AvgIpc) is 2.99. The second-order valence-corrected chi connectivity index (χ2v) is 13.0. The summed E-state index contributed by atoms with van der Waals surface area (Å²) >= 11 is 0. The van der Waals surface area contributed by atoms with Gasteiger partial charge in [-0.2, -0.15) is 0 Å². The van der Waals surface area contributed by atoms with Crippen LogP contribution in [0.25, 0.3) is 0 Å². The molecule has 13 atom stereocenters. The standard InChI is InChI=1S/C35H59NO9/c1-11-12-13-22(4)33(45-35(36)41)26(8)31(38)24(6)17-20(2)16-23(5)30(37)21(3)14-15-28(43-19-42-10)18-29-25(7)32(39)27(9)34(40)44-29/h11-16,21-33,37-39H,1,17-19H2,2-10H3,(H2,36,41)/t21-,22-,23-,24-,25-,26-,27+,28+,29?,30-,31+,32-,33-/m0/s1. The molecule has 0 aliphatic carbocycles. The first kappa shape index (κ1) is 40.5. The van der Waals surface area contributed by atoms with E-state index in [9.17, 15) is 24.9 Å². The van der Waals surface area contributed by atoms with Crippen LogP contribution in [0.2, 0.25) is 0 Å². The van der Waals surface area contributed by atoms with Gasteiger partial charge in [0.2, 0.25) is 0 Å². The van der Waals surface area contributed by atoms with Crippen molar-refractivity contribution in [2.45, 2.75) is 105 Å². The van der Waals surface area contributed by atoms with Crippen LogP contribution in [-0.4, -0.2) is 77.9 Å². The molecule has 5 N–H and O–H groups in total. The highest BCUT2D eigenvalue weighted by atomic mass is 16.7. The number of rotatable bonds is 19. The Hall–Kier alpha value is -2.50. The third-order valence-electron chi connectivity index (χ3n) is 9.00. The van der Waals surface area contributed by atoms with E-state index in [1.165, 1.54) is 7.11 Å². The lowest BCUT2D eigenvalue weighted by Gasteiger charge is -2.37. The number of ether oxygens (including phenoxy) is 4. The first-order valence-corrected chi connectivity index (χ1v) is 16.0. The fourth-order valence-corrected chi connectivity index (χ4v) is 6.07. The van der Waals surface area contributed by atoms with E-state index in [-0.39, 0.29) is 42.3 Å². The molecule has 1 saturated heterocycles. The van der Waals surface area contributed by atoms with Gasteiger partial charge in [0, 0.05) is 43.1 Å². The lowest BCUT2D eigenvalue weighted by molar-refractivity contribution is -0.181. The molecule has 0 bridgehead atoms. The summed E-state index contributed by atoms with van der Waals surface area (Å²) in [4.78, 5) is 23.8. The van der Waals surface area contributed by atoms with Gasteiger partial charge in [-0.15, -0.1) is 0 Å². The highest BCUT2D eigenvalue weighted by Crippen LogP contribution is 2.31. The number of esters is 1. The number of primary amides is 1. The molecule has 0 aromatic rings. The number of aliphatic hydroxyl groups excluding tert-OH is 3. The zero-order chi connectivity index (χ0) is 34.4. The van der Waals surface area contributed by atoms with E-state index in [0.29, 0.717) is 12.8 Å². The lowest BCUT2D eigenvalue weighted by atomic mass is 9.81. The van der Waals surface area contributed by atoms with E-state index in [4.69, 9.17) is 24.7 Å². The van der Waals surface area contributed by atoms with E-state index >= 15 is 0 Å². The summed E-state index contributed by atoms with van der Waals surface area (Å²) in [5.41, 5.74) is 6.34. The van der Waals surface area contributed by atoms with Crippen molar-refractivity contribution in [1.29, 1.82) is 0 Å². The van der Waals surface area contributed by atoms with Gasteiger partial charge in [-0.3, -0.25) is 4.79 Å². The first-order chi connectivity index (χ1) is 21.0. The molecule has 45 heavy (non-hydrogen) atoms. The fraction of sp³-hybridized carbons (Fsp3) is 0.714. The van der Waals surface area contributed by atoms with E-state index in [1.807, 2.05) is 72.8 Å². The molecular weight excluding hydrogens is 578 g/mol. The molecule has 1 aliphatic heterocycles. The normalized spacial score (nSPS) is 27.2. The van der Waals surface area contributed by atoms with Gasteiger partial charge in [-0.25, -0.2) is 4.79 Å². The van der Waals surface area contributed by atoms with E-state index in [0.717, 1.165) is 5.57 Å². The van der Waals surface area contributed by atoms with Crippen molar-refractivity contribution in [3.63, 3.8) is 0 Å². The summed E-state index contributed by atoms with van der Waals surface area (Å²) in [5, 5.41) is 32.7. The maximum absolute atomic E-state index is 12.2. The van der Waals surface area contributed by atoms with Crippen molar-refractivity contribution in [1.82, 2.24) is 0 Å². The summed E-state index contributed by atoms with van der Waals surface area (Å²) < 4.78 is 21.9. The van der Waals surface area contributed by atoms with Crippen LogP contribution in [0.5, 0.6) is 0 Å². The summed E-state index contributed by atoms with van der Waals surface area (Å²) in [6.45, 7) is 18.7. The van der Waals surface area contributed by atoms with Gasteiger partial charge in [0.25, 0.3) is 0 Å². The number of hydrogen-bond acceptors (Lipinski definition) is 9. The molecule has 258 valence electrons. The van der Waals surface area contributed by atoms with Crippen molar-refractivity contribution in [2.24, 2.45) is 47.2 Å². The fourth-order valence-electron chi connectivity index (χ4n) is 6.07. The Labute approximate surface area is 270 Å². The van der Waals surface area contributed by atoms with Crippen LogP contribution in [0, 0.1) is 41.4 Å². The van der Waals surface area contributed by atoms with Crippen molar-refractivity contribution >= 4 is 12.1 Å². The summed E-state index contributed by atoms with van der Waals surface area (Å²) in [5.74, 6) is -2.37. The highest BCUT2D eigenvalue weighted by molar-refractivity contribution is 5.73. The maximum Gasteiger partial charge on any atom is 0.404 e. The van der Waals surface area contributed by atoms with Gasteiger partial charge in [-0.1, -0.05) is 90.2 Å². The van der Waals surface area contributed by atoms with Gasteiger partial charge < -0.3 is 40.0 Å². The zero-order valence-corrected chi connectivity index (χ0v) is 28.7. The minimum absolute atomic E-state index is 0.0424. The predicted octanol–water partition coefficient (Wildman–Crippen LogP) is 4.93. The van der Waals surface area contributed by atoms with Crippen LogP contribution in [0.4, 0.5) is 4.79 Å². The van der Waals surface area contributed by atoms with E-state index < -0.39 is 54.6 Å². The summed E-state index contributed by atoms with van der Waals surface area (Å²) in [6.07, 6.45) is 7.24. The molecule has 1 aliphatic rings. The number of carbonyl (C=O) groups excluding carboxylic acids is 2. The molecule has 0 saturated carbocycles. The molecule has 10 heteroatoms. The first-order valence-electron chi connectivity index (χ1n) is 16.0. The molecule has 10 nitrogen and oxygen atoms in total. The molecule has 0 aromatic carbocycles. The Balaban J connectivity index is 2.89. The SMILES string of the molecule is C=CC=C[C@H](C)[C@H](OC(N)=O)[C@@H](C)[C@H](O)[C@@H](C)CC(C)=C[C@H](C)[C@@H](O)[C@@H](C)C=C[C@H](CC1OC(=O)[C@H](C)[C@@H](O)[C@H]1C)OCOC. The second-order valence-electron chi connectivity index (χ2n) is 13.0. The Morgan fingerprint density at radius 1 is 1.04 bits per heavy atom. The average molecular weight is 638 g/mol. The smallest absolute Gasteiger partial charge is 0.404 e. The topological polar surface area (TPSA) is 158 Å². The van der Waals surface area contributed by atoms with Crippen LogP contribution < -0.4 is 5.73 Å². The van der Waals surface area contributed by atoms with Crippen molar-refractivity contribution in [3.05, 3.63) is 48.6 Å². The molecule has 0 radical (unpaired) electrons. The third kappa shape index (κ3) is 13.0. The molecule has 1 rings (SSSR count). The lowest BCUT2D eigenvalue weighted by Crippen LogP contribution is -2.47. The Morgan fingerprint density at radius 3 is 2.27 bits per heavy atom. The Kier molecular flexibility index (Phi) is 17.9. The molecule has 1 fully saturated rings. The molecule has 1 unspecified atom stereocenters. The van der Waals surface area contributed by atoms with Gasteiger partial charge in [0.15, 0.2) is 0 Å². The largest absolute Gasteiger partial charge is 0.462 e. The minimum atomic E-state index is -0.885. The number of nitrogens with two attached hydrogens (primary N) is 1. The zero-order valence-electron chi connectivity index (χ0n) is 28.7. The van der Waals surface area contributed by atoms with Gasteiger partial charge in [-0.05, 0) is 26.2 Å². The quantitative estimate of drug-likeness (QED) is 0.0667. The molecular formula is C35H59NO9. The number of aliphatic hydroxyl groups is 3. The van der Waals surface area contributed by atoms with Crippen LogP contribution in [-0.2, 0) is 23.7 Å². The highest BCUT2D eigenvalue weighted by Gasteiger charge is 2.41. The van der Waals surface area contributed by atoms with Crippen LogP contribution in [0.3, 0.4) is 0 Å². The van der Waals surface area contributed by atoms with Gasteiger partial charge >= 0.3 is 12.1 Å². The Morgan fingerprint density at radius 2 is 1.69 bits per heavy atom. The number of hydrogen-bond donors (Lipinski definition) is 4. The van der Waals surface area contributed by atoms with E-state index in [1.54, 1.807) is 19.1 Å². The number of carbonyl (C=O) groups is 2. The molecule has 0 spiro atoms. The molecule has 1 amide bonds. The minimum Gasteiger partial charge on any atom is -0.462 e. The predicted molar refractivity (Wildman–Crippen MR) is 175 cm³/mol. The number of methoxy groups -OCH3 is 1. The summed E-state index contributed by atoms with van der Waals surface area (Å²) in [6, 6.07) is 0. The molecule has 0 aromatic heterocycles. The third-order valence-corrected chi connectivity index (χ3v) is 9.00. The molecule has 1 heterocycles. The van der Waals surface area contributed by atoms with Crippen LogP contribution in [0.15, 0.2) is 48.6 Å². The second kappa shape index (κ2) is 19.9. The van der Waals surface area contributed by atoms with Crippen molar-refractivity contribution < 1.29 is 43.9 Å². The maximum atomic E-state index is 12.2. The number of amides is 1. The monoisotopic (exact) mass is 637 g/mol. The van der Waals surface area contributed by atoms with Gasteiger partial charge in [0.05, 0.1) is 30.3 Å². The number of cyclic esters (lactones) is 1. The van der Waals surface area contributed by atoms with Gasteiger partial charge in [0.1, 0.15) is 19.0 Å². The Bertz CT molecular complexity index is 1010. The summed E-state index contributed by atoms with van der Waals surface area (Å²) in [7, 11) is 1.52. The van der Waals surface area contributed by atoms with Crippen LogP contribution >= 0.6 is 0 Å². The number of allylic oxidation sites excluding steroid dienone is 3.